The topological polar surface area (TPSA) is 158 Å². The van der Waals surface area contributed by atoms with Gasteiger partial charge in [0.05, 0.1) is 18.4 Å². The van der Waals surface area contributed by atoms with Gasteiger partial charge >= 0.3 is 19.4 Å². The monoisotopic (exact) mass is 601 g/mol. The molecule has 1 aliphatic heterocycles. The maximum Gasteiger partial charge on any atom is 0.459 e. The van der Waals surface area contributed by atoms with Gasteiger partial charge in [0.1, 0.15) is 24.1 Å². The van der Waals surface area contributed by atoms with Crippen LogP contribution in [0.4, 0.5) is 4.39 Å². The third kappa shape index (κ3) is 7.56. The molecule has 3 rings (SSSR count). The summed E-state index contributed by atoms with van der Waals surface area (Å²) >= 11 is 0. The van der Waals surface area contributed by atoms with Gasteiger partial charge in [-0.25, -0.2) is 9.36 Å². The number of ether oxygens (including phenoxy) is 1. The second kappa shape index (κ2) is 12.1. The number of aromatic nitrogens is 2. The van der Waals surface area contributed by atoms with Gasteiger partial charge in [-0.05, 0) is 44.1 Å². The van der Waals surface area contributed by atoms with E-state index >= 15 is 0 Å². The number of hydrogen-bond acceptors (Lipinski definition) is 8. The maximum absolute atomic E-state index is 14.1. The Balaban J connectivity index is 1.96. The van der Waals surface area contributed by atoms with E-state index in [-0.39, 0.29) is 17.2 Å². The standard InChI is InChI=1S/C25H37FN3O9PSi/c1-15(23(31)32)28-39(34,37-17-11-9-8-10-12-17)36-16(2)21-19(38-40(6,7)25(3,4)5)13-20(35-21)29-14-18(26)22(30)27-24(29)33/h8-12,14-16,19-21H,13H2,1-7H3,(H,28,34)(H,31,32)(H,27,30,33)/t15?,16?,19-,20+,21+,39-/m0/s1. The Labute approximate surface area is 232 Å². The van der Waals surface area contributed by atoms with E-state index in [4.69, 9.17) is 18.2 Å². The van der Waals surface area contributed by atoms with Crippen LogP contribution in [0.15, 0.2) is 46.1 Å². The molecule has 40 heavy (non-hydrogen) atoms. The summed E-state index contributed by atoms with van der Waals surface area (Å²) < 4.78 is 53.1. The Morgan fingerprint density at radius 2 is 1.88 bits per heavy atom. The highest BCUT2D eigenvalue weighted by Crippen LogP contribution is 2.49. The first-order chi connectivity index (χ1) is 18.4. The molecule has 0 amide bonds. The van der Waals surface area contributed by atoms with Crippen molar-refractivity contribution in [2.75, 3.05) is 0 Å². The van der Waals surface area contributed by atoms with Gasteiger partial charge in [-0.3, -0.25) is 23.7 Å². The molecule has 15 heteroatoms. The van der Waals surface area contributed by atoms with Crippen molar-refractivity contribution in [3.8, 4) is 5.75 Å². The molecule has 0 radical (unpaired) electrons. The molecule has 1 aromatic carbocycles. The van der Waals surface area contributed by atoms with Crippen molar-refractivity contribution in [2.24, 2.45) is 0 Å². The van der Waals surface area contributed by atoms with Crippen LogP contribution in [0.5, 0.6) is 5.75 Å². The molecule has 0 spiro atoms. The number of halogens is 1. The third-order valence-electron chi connectivity index (χ3n) is 7.06. The van der Waals surface area contributed by atoms with E-state index in [2.05, 4.69) is 5.09 Å². The van der Waals surface area contributed by atoms with Crippen molar-refractivity contribution in [2.45, 2.75) is 89.8 Å². The summed E-state index contributed by atoms with van der Waals surface area (Å²) in [5.74, 6) is -2.26. The molecule has 1 aromatic heterocycles. The number of carbonyl (C=O) groups is 1. The molecule has 2 heterocycles. The number of para-hydroxylation sites is 1. The number of rotatable bonds is 11. The number of benzene rings is 1. The highest BCUT2D eigenvalue weighted by atomic mass is 31.2. The minimum Gasteiger partial charge on any atom is -0.480 e. The number of carboxylic acid groups (broad SMARTS) is 1. The van der Waals surface area contributed by atoms with E-state index in [1.54, 1.807) is 25.1 Å². The highest BCUT2D eigenvalue weighted by Gasteiger charge is 2.49. The predicted octanol–water partition coefficient (Wildman–Crippen LogP) is 4.01. The summed E-state index contributed by atoms with van der Waals surface area (Å²) in [6.45, 7) is 13.0. The number of aliphatic carboxylic acids is 1. The molecular formula is C25H37FN3O9PSi. The fourth-order valence-electron chi connectivity index (χ4n) is 3.86. The highest BCUT2D eigenvalue weighted by molar-refractivity contribution is 7.52. The Morgan fingerprint density at radius 3 is 2.45 bits per heavy atom. The van der Waals surface area contributed by atoms with Crippen LogP contribution in [-0.4, -0.2) is 53.3 Å². The van der Waals surface area contributed by atoms with Gasteiger partial charge in [0.2, 0.25) is 5.82 Å². The quantitative estimate of drug-likeness (QED) is 0.254. The van der Waals surface area contributed by atoms with Crippen LogP contribution in [0.1, 0.15) is 47.3 Å². The van der Waals surface area contributed by atoms with Crippen molar-refractivity contribution < 1.29 is 37.1 Å². The molecular weight excluding hydrogens is 564 g/mol. The van der Waals surface area contributed by atoms with E-state index in [1.165, 1.54) is 19.1 Å². The number of aromatic amines is 1. The van der Waals surface area contributed by atoms with Crippen molar-refractivity contribution >= 4 is 22.0 Å². The lowest BCUT2D eigenvalue weighted by Crippen LogP contribution is -2.48. The number of H-pyrrole nitrogens is 1. The molecule has 0 aliphatic carbocycles. The van der Waals surface area contributed by atoms with Gasteiger partial charge in [-0.15, -0.1) is 0 Å². The average molecular weight is 602 g/mol. The average Bonchev–Trinajstić information content (AvgIpc) is 3.24. The first-order valence-electron chi connectivity index (χ1n) is 12.8. The minimum atomic E-state index is -4.32. The van der Waals surface area contributed by atoms with Gasteiger partial charge < -0.3 is 18.8 Å². The molecule has 1 saturated heterocycles. The molecule has 222 valence electrons. The summed E-state index contributed by atoms with van der Waals surface area (Å²) in [4.78, 5) is 37.5. The Morgan fingerprint density at radius 1 is 1.25 bits per heavy atom. The van der Waals surface area contributed by atoms with Gasteiger partial charge in [-0.1, -0.05) is 39.0 Å². The lowest BCUT2D eigenvalue weighted by atomic mass is 10.1. The summed E-state index contributed by atoms with van der Waals surface area (Å²) in [7, 11) is -6.75. The normalized spacial score (nSPS) is 22.9. The molecule has 0 saturated carbocycles. The summed E-state index contributed by atoms with van der Waals surface area (Å²) in [5.41, 5.74) is -2.02. The van der Waals surface area contributed by atoms with Crippen LogP contribution in [0.25, 0.3) is 0 Å². The van der Waals surface area contributed by atoms with Crippen LogP contribution in [-0.2, 0) is 23.0 Å². The van der Waals surface area contributed by atoms with E-state index in [0.717, 1.165) is 10.8 Å². The lowest BCUT2D eigenvalue weighted by molar-refractivity contribution is -0.138. The first-order valence-corrected chi connectivity index (χ1v) is 17.3. The van der Waals surface area contributed by atoms with Crippen LogP contribution < -0.4 is 20.9 Å². The molecule has 0 bridgehead atoms. The van der Waals surface area contributed by atoms with E-state index in [0.29, 0.717) is 0 Å². The molecule has 6 atom stereocenters. The van der Waals surface area contributed by atoms with Gasteiger partial charge in [0.15, 0.2) is 8.32 Å². The zero-order valence-corrected chi connectivity index (χ0v) is 25.4. The second-order valence-electron chi connectivity index (χ2n) is 11.3. The summed E-state index contributed by atoms with van der Waals surface area (Å²) in [6, 6.07) is 6.82. The Bertz CT molecular complexity index is 1360. The van der Waals surface area contributed by atoms with E-state index in [1.807, 2.05) is 38.8 Å². The fourth-order valence-corrected chi connectivity index (χ4v) is 6.90. The SMILES string of the molecule is CC(N[P@@](=O)(Oc1ccccc1)OC(C)[C@H]1O[C@@H](n2cc(F)c(=O)[nH]c2=O)C[C@@H]1O[Si](C)(C)C(C)(C)C)C(=O)O. The number of carboxylic acids is 1. The number of nitrogens with zero attached hydrogens (tertiary/aromatic N) is 1. The van der Waals surface area contributed by atoms with Crippen LogP contribution >= 0.6 is 7.75 Å². The predicted molar refractivity (Wildman–Crippen MR) is 147 cm³/mol. The minimum absolute atomic E-state index is 0.0963. The fraction of sp³-hybridized carbons (Fsp3) is 0.560. The first kappa shape index (κ1) is 31.9. The van der Waals surface area contributed by atoms with Crippen LogP contribution in [0.2, 0.25) is 18.1 Å². The van der Waals surface area contributed by atoms with Crippen LogP contribution in [0, 0.1) is 5.82 Å². The van der Waals surface area contributed by atoms with Gasteiger partial charge in [0.25, 0.3) is 5.56 Å². The summed E-state index contributed by atoms with van der Waals surface area (Å²) in [5, 5.41) is 11.6. The molecule has 1 fully saturated rings. The van der Waals surface area contributed by atoms with Crippen molar-refractivity contribution in [3.05, 3.63) is 63.2 Å². The Kier molecular flexibility index (Phi) is 9.65. The third-order valence-corrected chi connectivity index (χ3v) is 13.3. The molecule has 2 aromatic rings. The Hall–Kier alpha value is -2.61. The second-order valence-corrected chi connectivity index (χ2v) is 17.7. The van der Waals surface area contributed by atoms with Crippen molar-refractivity contribution in [1.29, 1.82) is 0 Å². The molecule has 2 unspecified atom stereocenters. The molecule has 1 aliphatic rings. The van der Waals surface area contributed by atoms with E-state index < -0.39 is 69.7 Å². The zero-order chi connectivity index (χ0) is 30.0. The molecule has 3 N–H and O–H groups in total. The smallest absolute Gasteiger partial charge is 0.459 e. The molecule has 12 nitrogen and oxygen atoms in total. The van der Waals surface area contributed by atoms with Gasteiger partial charge in [0, 0.05) is 6.42 Å². The van der Waals surface area contributed by atoms with Crippen molar-refractivity contribution in [3.63, 3.8) is 0 Å². The zero-order valence-electron chi connectivity index (χ0n) is 23.5. The summed E-state index contributed by atoms with van der Waals surface area (Å²) in [6.07, 6.45) is -2.82. The van der Waals surface area contributed by atoms with Crippen LogP contribution in [0.3, 0.4) is 0 Å². The largest absolute Gasteiger partial charge is 0.480 e. The lowest BCUT2D eigenvalue weighted by Gasteiger charge is -2.40. The number of nitrogens with one attached hydrogen (secondary N) is 2. The number of hydrogen-bond donors (Lipinski definition) is 3. The van der Waals surface area contributed by atoms with Crippen molar-refractivity contribution in [1.82, 2.24) is 14.6 Å². The maximum atomic E-state index is 14.1. The van der Waals surface area contributed by atoms with E-state index in [9.17, 15) is 28.4 Å². The van der Waals surface area contributed by atoms with Gasteiger partial charge in [-0.2, -0.15) is 9.48 Å².